The second-order valence-corrected chi connectivity index (χ2v) is 30.2. The summed E-state index contributed by atoms with van der Waals surface area (Å²) in [5, 5.41) is -0.0186. The normalized spacial score (nSPS) is 15.2. The van der Waals surface area contributed by atoms with Crippen LogP contribution < -0.4 is 8.32 Å². The van der Waals surface area contributed by atoms with Crippen LogP contribution in [-0.2, 0) is 44.9 Å². The first-order valence-corrected chi connectivity index (χ1v) is 31.1. The zero-order valence-electron chi connectivity index (χ0n) is 36.2. The van der Waals surface area contributed by atoms with E-state index < -0.39 is 39.6 Å². The van der Waals surface area contributed by atoms with E-state index in [1.54, 1.807) is 14.2 Å². The molecule has 2 rings (SSSR count). The van der Waals surface area contributed by atoms with Crippen molar-refractivity contribution in [2.24, 2.45) is 5.92 Å². The summed E-state index contributed by atoms with van der Waals surface area (Å²) >= 11 is -1.78. The summed E-state index contributed by atoms with van der Waals surface area (Å²) in [6.45, 7) is 24.3. The van der Waals surface area contributed by atoms with Gasteiger partial charge in [0, 0.05) is 7.11 Å². The van der Waals surface area contributed by atoms with Crippen molar-refractivity contribution >= 4 is 37.6 Å². The van der Waals surface area contributed by atoms with Gasteiger partial charge in [-0.05, 0) is 18.6 Å². The van der Waals surface area contributed by atoms with Crippen LogP contribution in [0.15, 0.2) is 60.2 Å². The molecule has 0 aliphatic heterocycles. The molecule has 0 unspecified atom stereocenters. The van der Waals surface area contributed by atoms with Gasteiger partial charge >= 0.3 is 235 Å². The van der Waals surface area contributed by atoms with Gasteiger partial charge in [-0.2, -0.15) is 0 Å². The van der Waals surface area contributed by atoms with Gasteiger partial charge in [0.15, 0.2) is 0 Å². The average molecular weight is 878 g/mol. The van der Waals surface area contributed by atoms with Crippen LogP contribution in [0.5, 0.6) is 5.75 Å². The van der Waals surface area contributed by atoms with Crippen LogP contribution in [0.2, 0.25) is 28.0 Å². The molecule has 0 aromatic heterocycles. The molecule has 2 aromatic rings. The van der Waals surface area contributed by atoms with E-state index in [2.05, 4.69) is 102 Å². The maximum atomic E-state index is 13.1. The second-order valence-electron chi connectivity index (χ2n) is 16.9. The predicted octanol–water partition coefficient (Wildman–Crippen LogP) is 9.35. The SMILES string of the molecule is CCC(=O)O[C@@H](C[C@@H](C[C@H](OCc1ccc(OC)cc1)/C(C)=C\[C@@H](CC)COCOCCOC)O[Si](C)(C)C(C)(C)C)C(C)(C)c1ccc[c]([SnH]([CH3])[CH3])c1. The van der Waals surface area contributed by atoms with E-state index in [-0.39, 0.29) is 35.9 Å². The molecule has 0 fully saturated rings. The van der Waals surface area contributed by atoms with Crippen molar-refractivity contribution in [3.05, 3.63) is 71.3 Å². The molecule has 0 bridgehead atoms. The molecule has 0 amide bonds. The van der Waals surface area contributed by atoms with Gasteiger partial charge in [-0.25, -0.2) is 0 Å². The van der Waals surface area contributed by atoms with Crippen LogP contribution in [0, 0.1) is 5.92 Å². The Morgan fingerprint density at radius 2 is 1.61 bits per heavy atom. The Hall–Kier alpha value is -1.73. The van der Waals surface area contributed by atoms with Gasteiger partial charge in [-0.15, -0.1) is 0 Å². The van der Waals surface area contributed by atoms with Crippen molar-refractivity contribution in [1.29, 1.82) is 0 Å². The summed E-state index contributed by atoms with van der Waals surface area (Å²) < 4.78 is 44.0. The number of benzene rings is 2. The Morgan fingerprint density at radius 1 is 0.926 bits per heavy atom. The average Bonchev–Trinajstić information content (AvgIpc) is 3.13. The van der Waals surface area contributed by atoms with E-state index in [0.29, 0.717) is 45.7 Å². The van der Waals surface area contributed by atoms with Crippen molar-refractivity contribution < 1.29 is 37.6 Å². The van der Waals surface area contributed by atoms with Gasteiger partial charge in [0.2, 0.25) is 0 Å². The van der Waals surface area contributed by atoms with Crippen LogP contribution in [0.3, 0.4) is 0 Å². The van der Waals surface area contributed by atoms with Crippen LogP contribution >= 0.6 is 0 Å². The fraction of sp³-hybridized carbons (Fsp3) is 0.659. The molecule has 0 radical (unpaired) electrons. The van der Waals surface area contributed by atoms with Crippen molar-refractivity contribution in [3.63, 3.8) is 0 Å². The molecule has 10 heteroatoms. The number of carbonyl (C=O) groups excluding carboxylic acids is 1. The fourth-order valence-corrected chi connectivity index (χ4v) is 10.3. The molecule has 4 atom stereocenters. The molecule has 8 nitrogen and oxygen atoms in total. The first-order valence-electron chi connectivity index (χ1n) is 19.9. The Labute approximate surface area is 336 Å². The van der Waals surface area contributed by atoms with Crippen molar-refractivity contribution in [2.75, 3.05) is 40.8 Å². The van der Waals surface area contributed by atoms with Gasteiger partial charge in [0.25, 0.3) is 0 Å². The predicted molar refractivity (Wildman–Crippen MR) is 227 cm³/mol. The molecule has 0 aliphatic carbocycles. The van der Waals surface area contributed by atoms with Crippen LogP contribution in [-0.4, -0.2) is 93.2 Å². The summed E-state index contributed by atoms with van der Waals surface area (Å²) in [6, 6.07) is 17.0. The Kier molecular flexibility index (Phi) is 21.1. The Morgan fingerprint density at radius 3 is 2.19 bits per heavy atom. The van der Waals surface area contributed by atoms with Gasteiger partial charge < -0.3 is 18.9 Å². The standard InChI is InChI=1S/C42H67O8Si.2CH3.Sn.H/c1-13-33(29-47-31-46-25-24-44-9)26-32(3)38(48-30-34-20-22-36(45-10)23-21-34)27-37(50-51(11,12)41(4,5)6)28-39(49-40(43)14-2)42(7,8)35-18-16-15-17-19-35;;;;/h15-16,18-23,26,33,37-39H,13-14,24-25,27-31H2,1-12H3;2*1H3;;/b32-26-;;;;/t33-,37-,38+,39+;;;;/m1..../s1. The Balaban J connectivity index is 2.58. The van der Waals surface area contributed by atoms with Crippen molar-refractivity contribution in [1.82, 2.24) is 0 Å². The minimum absolute atomic E-state index is 0.0186. The third-order valence-corrected chi connectivity index (χ3v) is 20.3. The summed E-state index contributed by atoms with van der Waals surface area (Å²) in [4.78, 5) is 18.0. The van der Waals surface area contributed by atoms with Crippen LogP contribution in [0.1, 0.15) is 92.2 Å². The van der Waals surface area contributed by atoms with E-state index in [1.807, 2.05) is 31.2 Å². The minimum atomic E-state index is -2.28. The number of methoxy groups -OCH3 is 2. The summed E-state index contributed by atoms with van der Waals surface area (Å²) in [5.74, 6) is 0.793. The van der Waals surface area contributed by atoms with Crippen molar-refractivity contribution in [2.45, 2.75) is 139 Å². The molecule has 0 aliphatic rings. The molecule has 54 heavy (non-hydrogen) atoms. The second kappa shape index (κ2) is 23.5. The number of rotatable bonds is 25. The zero-order valence-corrected chi connectivity index (χ0v) is 40.5. The maximum absolute atomic E-state index is 13.1. The third kappa shape index (κ3) is 16.0. The van der Waals surface area contributed by atoms with Crippen LogP contribution in [0.4, 0.5) is 0 Å². The molecule has 0 N–H and O–H groups in total. The number of carbonyl (C=O) groups is 1. The molecule has 0 heterocycles. The number of ether oxygens (including phenoxy) is 6. The van der Waals surface area contributed by atoms with Crippen LogP contribution in [0.25, 0.3) is 0 Å². The number of hydrogen-bond acceptors (Lipinski definition) is 8. The van der Waals surface area contributed by atoms with E-state index in [9.17, 15) is 4.79 Å². The van der Waals surface area contributed by atoms with Gasteiger partial charge in [-0.3, -0.25) is 0 Å². The fourth-order valence-electron chi connectivity index (χ4n) is 6.01. The summed E-state index contributed by atoms with van der Waals surface area (Å²) in [7, 11) is 1.05. The van der Waals surface area contributed by atoms with Gasteiger partial charge in [0.05, 0.1) is 26.9 Å². The first-order chi connectivity index (χ1) is 25.4. The van der Waals surface area contributed by atoms with Gasteiger partial charge in [0.1, 0.15) is 12.5 Å². The van der Waals surface area contributed by atoms with Crippen molar-refractivity contribution in [3.8, 4) is 5.75 Å². The monoisotopic (exact) mass is 878 g/mol. The quantitative estimate of drug-likeness (QED) is 0.0321. The molecule has 0 spiro atoms. The summed E-state index contributed by atoms with van der Waals surface area (Å²) in [6.07, 6.45) is 3.79. The Bertz CT molecular complexity index is 1400. The number of esters is 1. The molecule has 0 saturated carbocycles. The molecule has 2 aromatic carbocycles. The van der Waals surface area contributed by atoms with E-state index in [0.717, 1.165) is 23.3 Å². The van der Waals surface area contributed by atoms with E-state index in [1.165, 1.54) is 9.14 Å². The zero-order chi connectivity index (χ0) is 40.5. The molecular formula is C44H74O8SiSn. The molecule has 0 saturated heterocycles. The topological polar surface area (TPSA) is 81.7 Å². The van der Waals surface area contributed by atoms with E-state index in [4.69, 9.17) is 32.8 Å². The number of hydrogen-bond donors (Lipinski definition) is 0. The van der Waals surface area contributed by atoms with E-state index >= 15 is 0 Å². The molecule has 306 valence electrons. The van der Waals surface area contributed by atoms with Gasteiger partial charge in [-0.1, -0.05) is 19.1 Å². The molecular weight excluding hydrogens is 803 g/mol. The summed E-state index contributed by atoms with van der Waals surface area (Å²) in [5.41, 5.74) is 2.94. The first kappa shape index (κ1) is 48.4. The third-order valence-electron chi connectivity index (χ3n) is 11.0.